The number of anilines is 2. The third kappa shape index (κ3) is 3.61. The fourth-order valence-corrected chi connectivity index (χ4v) is 4.52. The van der Waals surface area contributed by atoms with E-state index in [-0.39, 0.29) is 12.6 Å². The lowest BCUT2D eigenvalue weighted by Gasteiger charge is -2.39. The average molecular weight is 389 g/mol. The van der Waals surface area contributed by atoms with Crippen molar-refractivity contribution in [2.45, 2.75) is 37.3 Å². The van der Waals surface area contributed by atoms with Crippen LogP contribution in [0.15, 0.2) is 36.7 Å². The molecule has 1 aromatic carbocycles. The summed E-state index contributed by atoms with van der Waals surface area (Å²) in [6, 6.07) is 9.66. The standard InChI is InChI=1S/C20H25ClN4O2/c21-17-6-2-1-5-16(17)20(27)7-10-24(11-8-20)18-12-19(23-14-22-18)25-9-3-4-15(25)13-26/h1-2,5-6,12,14-15,26-27H,3-4,7-11,13H2. The van der Waals surface area contributed by atoms with E-state index in [4.69, 9.17) is 11.6 Å². The summed E-state index contributed by atoms with van der Waals surface area (Å²) in [7, 11) is 0. The first kappa shape index (κ1) is 18.5. The first-order valence-electron chi connectivity index (χ1n) is 9.52. The van der Waals surface area contributed by atoms with Crippen LogP contribution in [-0.4, -0.2) is 52.5 Å². The van der Waals surface area contributed by atoms with E-state index in [1.807, 2.05) is 30.3 Å². The number of aliphatic hydroxyl groups is 2. The van der Waals surface area contributed by atoms with E-state index in [0.717, 1.165) is 36.6 Å². The molecular formula is C20H25ClN4O2. The lowest BCUT2D eigenvalue weighted by molar-refractivity contribution is 0.0117. The largest absolute Gasteiger partial charge is 0.394 e. The molecule has 4 rings (SSSR count). The molecular weight excluding hydrogens is 364 g/mol. The van der Waals surface area contributed by atoms with Gasteiger partial charge < -0.3 is 20.0 Å². The number of nitrogens with zero attached hydrogens (tertiary/aromatic N) is 4. The number of aromatic nitrogens is 2. The Labute approximate surface area is 164 Å². The quantitative estimate of drug-likeness (QED) is 0.838. The van der Waals surface area contributed by atoms with Crippen LogP contribution in [0.3, 0.4) is 0 Å². The number of hydrogen-bond acceptors (Lipinski definition) is 6. The van der Waals surface area contributed by atoms with Gasteiger partial charge in [-0.15, -0.1) is 0 Å². The van der Waals surface area contributed by atoms with Crippen LogP contribution in [0, 0.1) is 0 Å². The molecule has 0 spiro atoms. The molecule has 0 aliphatic carbocycles. The summed E-state index contributed by atoms with van der Waals surface area (Å²) >= 11 is 6.30. The average Bonchev–Trinajstić information content (AvgIpc) is 3.18. The monoisotopic (exact) mass is 388 g/mol. The van der Waals surface area contributed by atoms with Crippen LogP contribution in [0.2, 0.25) is 5.02 Å². The maximum atomic E-state index is 11.1. The maximum Gasteiger partial charge on any atom is 0.134 e. The predicted octanol–water partition coefficient (Wildman–Crippen LogP) is 2.58. The molecule has 2 aliphatic rings. The van der Waals surface area contributed by atoms with Crippen LogP contribution in [0.4, 0.5) is 11.6 Å². The minimum absolute atomic E-state index is 0.138. The summed E-state index contributed by atoms with van der Waals surface area (Å²) in [5, 5.41) is 21.3. The summed E-state index contributed by atoms with van der Waals surface area (Å²) < 4.78 is 0. The van der Waals surface area contributed by atoms with Gasteiger partial charge in [0.25, 0.3) is 0 Å². The van der Waals surface area contributed by atoms with Crippen molar-refractivity contribution in [3.05, 3.63) is 47.2 Å². The zero-order chi connectivity index (χ0) is 18.9. The van der Waals surface area contributed by atoms with Crippen molar-refractivity contribution >= 4 is 23.2 Å². The SMILES string of the molecule is OCC1CCCN1c1cc(N2CCC(O)(c3ccccc3Cl)CC2)ncn1. The number of rotatable bonds is 4. The summed E-state index contributed by atoms with van der Waals surface area (Å²) in [5.74, 6) is 1.73. The van der Waals surface area contributed by atoms with E-state index in [9.17, 15) is 10.2 Å². The van der Waals surface area contributed by atoms with Crippen LogP contribution in [-0.2, 0) is 5.60 Å². The second-order valence-electron chi connectivity index (χ2n) is 7.40. The Kier molecular flexibility index (Phi) is 5.21. The molecule has 2 aliphatic heterocycles. The summed E-state index contributed by atoms with van der Waals surface area (Å²) in [6.07, 6.45) is 4.84. The highest BCUT2D eigenvalue weighted by Gasteiger charge is 2.36. The smallest absolute Gasteiger partial charge is 0.134 e. The highest BCUT2D eigenvalue weighted by atomic mass is 35.5. The maximum absolute atomic E-state index is 11.1. The molecule has 0 amide bonds. The van der Waals surface area contributed by atoms with E-state index in [2.05, 4.69) is 19.8 Å². The molecule has 144 valence electrons. The minimum Gasteiger partial charge on any atom is -0.394 e. The van der Waals surface area contributed by atoms with Crippen molar-refractivity contribution in [3.8, 4) is 0 Å². The van der Waals surface area contributed by atoms with E-state index in [1.165, 1.54) is 0 Å². The zero-order valence-corrected chi connectivity index (χ0v) is 16.0. The Hall–Kier alpha value is -1.89. The third-order valence-corrected chi connectivity index (χ3v) is 6.14. The van der Waals surface area contributed by atoms with Crippen LogP contribution in [0.1, 0.15) is 31.2 Å². The Morgan fingerprint density at radius 2 is 1.85 bits per heavy atom. The van der Waals surface area contributed by atoms with Crippen molar-refractivity contribution in [2.75, 3.05) is 36.0 Å². The zero-order valence-electron chi connectivity index (χ0n) is 15.3. The van der Waals surface area contributed by atoms with Gasteiger partial charge in [-0.1, -0.05) is 29.8 Å². The lowest BCUT2D eigenvalue weighted by Crippen LogP contribution is -2.43. The van der Waals surface area contributed by atoms with Crippen LogP contribution in [0.5, 0.6) is 0 Å². The number of halogens is 1. The third-order valence-electron chi connectivity index (χ3n) is 5.81. The van der Waals surface area contributed by atoms with Gasteiger partial charge in [0.05, 0.1) is 18.2 Å². The Morgan fingerprint density at radius 3 is 2.59 bits per heavy atom. The number of hydrogen-bond donors (Lipinski definition) is 2. The van der Waals surface area contributed by atoms with Crippen molar-refractivity contribution in [1.82, 2.24) is 9.97 Å². The first-order chi connectivity index (χ1) is 13.1. The number of piperidine rings is 1. The molecule has 1 unspecified atom stereocenters. The van der Waals surface area contributed by atoms with Crippen molar-refractivity contribution in [2.24, 2.45) is 0 Å². The molecule has 7 heteroatoms. The molecule has 3 heterocycles. The van der Waals surface area contributed by atoms with Gasteiger partial charge in [0.1, 0.15) is 18.0 Å². The van der Waals surface area contributed by atoms with Gasteiger partial charge in [-0.3, -0.25) is 0 Å². The summed E-state index contributed by atoms with van der Waals surface area (Å²) in [4.78, 5) is 13.2. The van der Waals surface area contributed by atoms with Gasteiger partial charge in [-0.05, 0) is 31.7 Å². The predicted molar refractivity (Wildman–Crippen MR) is 106 cm³/mol. The van der Waals surface area contributed by atoms with Crippen LogP contribution >= 0.6 is 11.6 Å². The van der Waals surface area contributed by atoms with Crippen molar-refractivity contribution in [1.29, 1.82) is 0 Å². The molecule has 6 nitrogen and oxygen atoms in total. The molecule has 2 fully saturated rings. The summed E-state index contributed by atoms with van der Waals surface area (Å²) in [5.41, 5.74) is -0.0979. The van der Waals surface area contributed by atoms with E-state index in [0.29, 0.717) is 31.0 Å². The van der Waals surface area contributed by atoms with Gasteiger partial charge in [-0.2, -0.15) is 0 Å². The van der Waals surface area contributed by atoms with E-state index >= 15 is 0 Å². The normalized spacial score (nSPS) is 22.3. The molecule has 2 N–H and O–H groups in total. The van der Waals surface area contributed by atoms with Gasteiger partial charge in [-0.25, -0.2) is 9.97 Å². The fourth-order valence-electron chi connectivity index (χ4n) is 4.21. The van der Waals surface area contributed by atoms with Gasteiger partial charge >= 0.3 is 0 Å². The highest BCUT2D eigenvalue weighted by molar-refractivity contribution is 6.31. The minimum atomic E-state index is -0.901. The first-order valence-corrected chi connectivity index (χ1v) is 9.90. The molecule has 0 saturated carbocycles. The van der Waals surface area contributed by atoms with Crippen molar-refractivity contribution in [3.63, 3.8) is 0 Å². The molecule has 0 bridgehead atoms. The Morgan fingerprint density at radius 1 is 1.11 bits per heavy atom. The second-order valence-corrected chi connectivity index (χ2v) is 7.81. The molecule has 2 aromatic rings. The van der Waals surface area contributed by atoms with Crippen molar-refractivity contribution < 1.29 is 10.2 Å². The molecule has 1 aromatic heterocycles. The Bertz CT molecular complexity index is 795. The van der Waals surface area contributed by atoms with Gasteiger partial charge in [0, 0.05) is 36.3 Å². The molecule has 2 saturated heterocycles. The second kappa shape index (κ2) is 7.62. The molecule has 27 heavy (non-hydrogen) atoms. The molecule has 0 radical (unpaired) electrons. The van der Waals surface area contributed by atoms with E-state index in [1.54, 1.807) is 6.33 Å². The van der Waals surface area contributed by atoms with E-state index < -0.39 is 5.60 Å². The topological polar surface area (TPSA) is 72.7 Å². The summed E-state index contributed by atoms with van der Waals surface area (Å²) in [6.45, 7) is 2.45. The number of aliphatic hydroxyl groups excluding tert-OH is 1. The lowest BCUT2D eigenvalue weighted by atomic mass is 9.84. The highest BCUT2D eigenvalue weighted by Crippen LogP contribution is 2.38. The van der Waals surface area contributed by atoms with Crippen LogP contribution < -0.4 is 9.80 Å². The molecule has 1 atom stereocenters. The van der Waals surface area contributed by atoms with Gasteiger partial charge in [0.2, 0.25) is 0 Å². The Balaban J connectivity index is 1.49. The fraction of sp³-hybridized carbons (Fsp3) is 0.500. The number of benzene rings is 1. The van der Waals surface area contributed by atoms with Gasteiger partial charge in [0.15, 0.2) is 0 Å². The van der Waals surface area contributed by atoms with Crippen LogP contribution in [0.25, 0.3) is 0 Å².